The SMILES string of the molecule is CCOC(=O)C1=C(CN2CC(F)CCC2COCC(=O)O)NC(c2nccs2)=NC1c1ccc(F)cc1Cl. The standard InChI is InChI=1S/C25H27ClF2N4O5S/c1-2-37-25(35)21-19(11-32-10-15(28)3-5-16(32)12-36-13-20(33)34)30-23(24-29-7-8-38-24)31-22(21)17-6-4-14(27)9-18(17)26/h4,6-9,15-16,22H,2-3,5,10-13H2,1H3,(H,30,31)(H,33,34). The van der Waals surface area contributed by atoms with Crippen LogP contribution in [0.15, 0.2) is 46.0 Å². The number of carbonyl (C=O) groups excluding carboxylic acids is 1. The molecule has 2 aliphatic heterocycles. The van der Waals surface area contributed by atoms with Crippen LogP contribution in [0, 0.1) is 5.82 Å². The summed E-state index contributed by atoms with van der Waals surface area (Å²) in [6.45, 7) is 1.55. The van der Waals surface area contributed by atoms with Crippen molar-refractivity contribution in [2.75, 3.05) is 32.9 Å². The number of halogens is 3. The van der Waals surface area contributed by atoms with Crippen molar-refractivity contribution < 1.29 is 33.0 Å². The predicted molar refractivity (Wildman–Crippen MR) is 138 cm³/mol. The van der Waals surface area contributed by atoms with E-state index in [1.165, 1.54) is 23.5 Å². The topological polar surface area (TPSA) is 113 Å². The summed E-state index contributed by atoms with van der Waals surface area (Å²) in [4.78, 5) is 35.1. The highest BCUT2D eigenvalue weighted by molar-refractivity contribution is 7.11. The van der Waals surface area contributed by atoms with Crippen LogP contribution in [0.25, 0.3) is 0 Å². The third kappa shape index (κ3) is 6.73. The molecule has 9 nitrogen and oxygen atoms in total. The van der Waals surface area contributed by atoms with Crippen molar-refractivity contribution in [3.63, 3.8) is 0 Å². The van der Waals surface area contributed by atoms with Crippen molar-refractivity contribution in [2.45, 2.75) is 38.0 Å². The molecular weight excluding hydrogens is 542 g/mol. The van der Waals surface area contributed by atoms with Gasteiger partial charge < -0.3 is 19.9 Å². The highest BCUT2D eigenvalue weighted by Crippen LogP contribution is 2.37. The van der Waals surface area contributed by atoms with Crippen LogP contribution < -0.4 is 5.32 Å². The van der Waals surface area contributed by atoms with E-state index in [4.69, 9.17) is 31.2 Å². The number of carbonyl (C=O) groups is 2. The number of benzene rings is 1. The first kappa shape index (κ1) is 28.1. The van der Waals surface area contributed by atoms with E-state index in [1.807, 2.05) is 4.90 Å². The van der Waals surface area contributed by atoms with Crippen molar-refractivity contribution >= 4 is 40.7 Å². The molecule has 4 rings (SSSR count). The fraction of sp³-hybridized carbons (Fsp3) is 0.440. The van der Waals surface area contributed by atoms with Crippen molar-refractivity contribution in [1.82, 2.24) is 15.2 Å². The van der Waals surface area contributed by atoms with Crippen LogP contribution >= 0.6 is 22.9 Å². The Morgan fingerprint density at radius 3 is 2.84 bits per heavy atom. The fourth-order valence-corrected chi connectivity index (χ4v) is 5.34. The fourth-order valence-electron chi connectivity index (χ4n) is 4.49. The molecule has 2 aromatic rings. The summed E-state index contributed by atoms with van der Waals surface area (Å²) in [6.07, 6.45) is 1.27. The Balaban J connectivity index is 1.76. The van der Waals surface area contributed by atoms with Gasteiger partial charge in [-0.15, -0.1) is 11.3 Å². The second kappa shape index (κ2) is 12.7. The van der Waals surface area contributed by atoms with Crippen molar-refractivity contribution in [2.24, 2.45) is 4.99 Å². The number of amidine groups is 1. The molecule has 2 N–H and O–H groups in total. The monoisotopic (exact) mass is 568 g/mol. The molecule has 0 bridgehead atoms. The molecule has 1 saturated heterocycles. The number of esters is 1. The number of aromatic nitrogens is 1. The molecule has 0 saturated carbocycles. The number of nitrogens with zero attached hydrogens (tertiary/aromatic N) is 3. The predicted octanol–water partition coefficient (Wildman–Crippen LogP) is 3.75. The molecule has 1 aromatic carbocycles. The van der Waals surface area contributed by atoms with Gasteiger partial charge in [-0.3, -0.25) is 9.89 Å². The van der Waals surface area contributed by atoms with E-state index in [2.05, 4.69) is 10.3 Å². The first-order chi connectivity index (χ1) is 18.3. The van der Waals surface area contributed by atoms with Gasteiger partial charge in [0.15, 0.2) is 10.8 Å². The highest BCUT2D eigenvalue weighted by atomic mass is 35.5. The van der Waals surface area contributed by atoms with Crippen molar-refractivity contribution in [3.8, 4) is 0 Å². The third-order valence-electron chi connectivity index (χ3n) is 6.17. The molecule has 3 heterocycles. The maximum atomic E-state index is 14.5. The van der Waals surface area contributed by atoms with Crippen LogP contribution in [-0.2, 0) is 19.1 Å². The number of likely N-dealkylation sites (tertiary alicyclic amines) is 1. The lowest BCUT2D eigenvalue weighted by Crippen LogP contribution is -2.50. The van der Waals surface area contributed by atoms with Gasteiger partial charge in [0.1, 0.15) is 24.6 Å². The minimum absolute atomic E-state index is 0.0636. The number of piperidine rings is 1. The number of carboxylic acids is 1. The Bertz CT molecular complexity index is 1230. The van der Waals surface area contributed by atoms with Gasteiger partial charge in [0.2, 0.25) is 0 Å². The molecule has 0 aliphatic carbocycles. The van der Waals surface area contributed by atoms with Crippen molar-refractivity contribution in [1.29, 1.82) is 0 Å². The van der Waals surface area contributed by atoms with Crippen LogP contribution in [0.3, 0.4) is 0 Å². The zero-order valence-electron chi connectivity index (χ0n) is 20.5. The lowest BCUT2D eigenvalue weighted by atomic mass is 9.94. The summed E-state index contributed by atoms with van der Waals surface area (Å²) in [5.41, 5.74) is 0.964. The summed E-state index contributed by atoms with van der Waals surface area (Å²) in [5, 5.41) is 14.5. The Morgan fingerprint density at radius 2 is 2.16 bits per heavy atom. The van der Waals surface area contributed by atoms with Gasteiger partial charge in [-0.1, -0.05) is 17.7 Å². The van der Waals surface area contributed by atoms with Gasteiger partial charge in [-0.2, -0.15) is 0 Å². The number of rotatable bonds is 10. The van der Waals surface area contributed by atoms with Gasteiger partial charge >= 0.3 is 11.9 Å². The zero-order chi connectivity index (χ0) is 27.2. The van der Waals surface area contributed by atoms with Crippen LogP contribution in [0.4, 0.5) is 8.78 Å². The summed E-state index contributed by atoms with van der Waals surface area (Å²) in [5.74, 6) is -1.90. The maximum absolute atomic E-state index is 14.5. The van der Waals surface area contributed by atoms with E-state index in [9.17, 15) is 18.4 Å². The molecule has 1 aromatic heterocycles. The molecule has 204 valence electrons. The van der Waals surface area contributed by atoms with Gasteiger partial charge in [0.05, 0.1) is 18.8 Å². The molecule has 1 fully saturated rings. The average Bonchev–Trinajstić information content (AvgIpc) is 3.40. The highest BCUT2D eigenvalue weighted by Gasteiger charge is 2.37. The summed E-state index contributed by atoms with van der Waals surface area (Å²) >= 11 is 7.74. The number of ether oxygens (including phenoxy) is 2. The number of hydrogen-bond donors (Lipinski definition) is 2. The molecule has 2 aliphatic rings. The van der Waals surface area contributed by atoms with E-state index in [0.717, 1.165) is 6.07 Å². The first-order valence-corrected chi connectivity index (χ1v) is 13.3. The molecule has 38 heavy (non-hydrogen) atoms. The average molecular weight is 569 g/mol. The Labute approximate surface area is 227 Å². The van der Waals surface area contributed by atoms with E-state index < -0.39 is 36.6 Å². The number of aliphatic imine (C=N–C) groups is 1. The molecule has 0 radical (unpaired) electrons. The van der Waals surface area contributed by atoms with Crippen LogP contribution in [0.5, 0.6) is 0 Å². The molecule has 0 amide bonds. The van der Waals surface area contributed by atoms with Gasteiger partial charge in [-0.05, 0) is 31.9 Å². The van der Waals surface area contributed by atoms with Crippen LogP contribution in [0.1, 0.15) is 36.4 Å². The Kier molecular flexibility index (Phi) is 9.42. The number of hydrogen-bond acceptors (Lipinski definition) is 9. The smallest absolute Gasteiger partial charge is 0.338 e. The lowest BCUT2D eigenvalue weighted by Gasteiger charge is -2.39. The number of alkyl halides is 1. The normalized spacial score (nSPS) is 22.1. The van der Waals surface area contributed by atoms with E-state index in [1.54, 1.807) is 18.5 Å². The Hall–Kier alpha value is -2.93. The van der Waals surface area contributed by atoms with Crippen LogP contribution in [0.2, 0.25) is 5.02 Å². The minimum atomic E-state index is -1.10. The quantitative estimate of drug-likeness (QED) is 0.417. The summed E-state index contributed by atoms with van der Waals surface area (Å²) in [7, 11) is 0. The Morgan fingerprint density at radius 1 is 1.34 bits per heavy atom. The minimum Gasteiger partial charge on any atom is -0.480 e. The van der Waals surface area contributed by atoms with Gasteiger partial charge in [0, 0.05) is 47.0 Å². The van der Waals surface area contributed by atoms with E-state index in [0.29, 0.717) is 34.9 Å². The molecule has 13 heteroatoms. The maximum Gasteiger partial charge on any atom is 0.338 e. The molecular formula is C25H27ClF2N4O5S. The summed E-state index contributed by atoms with van der Waals surface area (Å²) < 4.78 is 39.1. The summed E-state index contributed by atoms with van der Waals surface area (Å²) in [6, 6.07) is 2.63. The second-order valence-electron chi connectivity index (χ2n) is 8.79. The molecule has 3 atom stereocenters. The number of aliphatic carboxylic acids is 1. The third-order valence-corrected chi connectivity index (χ3v) is 7.28. The number of thiazole rings is 1. The van der Waals surface area contributed by atoms with Gasteiger partial charge in [0.25, 0.3) is 0 Å². The van der Waals surface area contributed by atoms with Crippen LogP contribution in [-0.4, -0.2) is 77.9 Å². The van der Waals surface area contributed by atoms with Crippen molar-refractivity contribution in [3.05, 3.63) is 62.5 Å². The molecule has 3 unspecified atom stereocenters. The van der Waals surface area contributed by atoms with Gasteiger partial charge in [-0.25, -0.2) is 23.4 Å². The van der Waals surface area contributed by atoms with E-state index >= 15 is 0 Å². The number of nitrogens with one attached hydrogen (secondary N) is 1. The second-order valence-corrected chi connectivity index (χ2v) is 10.1. The zero-order valence-corrected chi connectivity index (χ0v) is 22.1. The lowest BCUT2D eigenvalue weighted by molar-refractivity contribution is -0.143. The number of carboxylic acid groups (broad SMARTS) is 1. The van der Waals surface area contributed by atoms with E-state index in [-0.39, 0.29) is 42.9 Å². The first-order valence-electron chi connectivity index (χ1n) is 12.0. The molecule has 0 spiro atoms. The largest absolute Gasteiger partial charge is 0.480 e.